The van der Waals surface area contributed by atoms with E-state index in [-0.39, 0.29) is 12.0 Å². The minimum absolute atomic E-state index is 0.115. The number of carbonyl (C=O) groups excluding carboxylic acids is 1. The molecule has 1 atom stereocenters. The summed E-state index contributed by atoms with van der Waals surface area (Å²) in [6, 6.07) is 5.37. The summed E-state index contributed by atoms with van der Waals surface area (Å²) in [6.45, 7) is 2.20. The summed E-state index contributed by atoms with van der Waals surface area (Å²) in [5.74, 6) is 1.35. The number of carbonyl (C=O) groups is 1. The molecule has 0 saturated heterocycles. The van der Waals surface area contributed by atoms with Crippen molar-refractivity contribution in [1.29, 1.82) is 0 Å². The molecule has 1 aromatic heterocycles. The zero-order valence-electron chi connectivity index (χ0n) is 14.6. The van der Waals surface area contributed by atoms with Crippen molar-refractivity contribution in [3.05, 3.63) is 36.4 Å². The minimum Gasteiger partial charge on any atom is -0.493 e. The van der Waals surface area contributed by atoms with Gasteiger partial charge < -0.3 is 14.8 Å². The van der Waals surface area contributed by atoms with Crippen LogP contribution < -0.4 is 14.8 Å². The molecule has 0 spiro atoms. The van der Waals surface area contributed by atoms with Gasteiger partial charge in [-0.2, -0.15) is 5.10 Å². The van der Waals surface area contributed by atoms with Gasteiger partial charge in [0.25, 0.3) is 0 Å². The predicted octanol–water partition coefficient (Wildman–Crippen LogP) is 2.49. The largest absolute Gasteiger partial charge is 0.493 e. The molecule has 0 unspecified atom stereocenters. The van der Waals surface area contributed by atoms with Crippen molar-refractivity contribution in [2.75, 3.05) is 7.11 Å². The number of nitrogens with one attached hydrogen (secondary N) is 1. The normalized spacial score (nSPS) is 15.8. The number of aromatic nitrogens is 3. The molecule has 0 bridgehead atoms. The SMILES string of the molecule is COc1cc(CNC(=O)[C@H](C)n2cncn2)ccc1OC1CCCC1. The lowest BCUT2D eigenvalue weighted by atomic mass is 10.2. The van der Waals surface area contributed by atoms with E-state index in [1.54, 1.807) is 14.0 Å². The van der Waals surface area contributed by atoms with Gasteiger partial charge in [0.2, 0.25) is 5.91 Å². The Labute approximate surface area is 147 Å². The van der Waals surface area contributed by atoms with Crippen molar-refractivity contribution in [2.45, 2.75) is 51.3 Å². The smallest absolute Gasteiger partial charge is 0.244 e. The maximum Gasteiger partial charge on any atom is 0.244 e. The highest BCUT2D eigenvalue weighted by molar-refractivity contribution is 5.79. The van der Waals surface area contributed by atoms with Crippen LogP contribution in [0.1, 0.15) is 44.2 Å². The highest BCUT2D eigenvalue weighted by Crippen LogP contribution is 2.32. The predicted molar refractivity (Wildman–Crippen MR) is 92.5 cm³/mol. The Morgan fingerprint density at radius 1 is 1.36 bits per heavy atom. The molecule has 1 aromatic carbocycles. The van der Waals surface area contributed by atoms with E-state index in [1.165, 1.54) is 30.2 Å². The monoisotopic (exact) mass is 344 g/mol. The third-order valence-electron chi connectivity index (χ3n) is 4.50. The first-order valence-corrected chi connectivity index (χ1v) is 8.62. The van der Waals surface area contributed by atoms with E-state index in [9.17, 15) is 4.79 Å². The van der Waals surface area contributed by atoms with Gasteiger partial charge in [0, 0.05) is 6.54 Å². The van der Waals surface area contributed by atoms with Crippen molar-refractivity contribution < 1.29 is 14.3 Å². The Morgan fingerprint density at radius 3 is 2.84 bits per heavy atom. The van der Waals surface area contributed by atoms with E-state index in [0.717, 1.165) is 24.2 Å². The van der Waals surface area contributed by atoms with Crippen molar-refractivity contribution in [2.24, 2.45) is 0 Å². The molecule has 0 aliphatic heterocycles. The van der Waals surface area contributed by atoms with Gasteiger partial charge in [0.05, 0.1) is 13.2 Å². The van der Waals surface area contributed by atoms with E-state index in [4.69, 9.17) is 9.47 Å². The van der Waals surface area contributed by atoms with Gasteiger partial charge >= 0.3 is 0 Å². The molecule has 3 rings (SSSR count). The number of hydrogen-bond acceptors (Lipinski definition) is 5. The first kappa shape index (κ1) is 17.3. The molecule has 7 heteroatoms. The molecule has 1 aliphatic rings. The molecule has 7 nitrogen and oxygen atoms in total. The highest BCUT2D eigenvalue weighted by atomic mass is 16.5. The molecule has 1 aliphatic carbocycles. The molecule has 1 amide bonds. The molecule has 0 radical (unpaired) electrons. The van der Waals surface area contributed by atoms with Gasteiger partial charge in [0.1, 0.15) is 18.7 Å². The van der Waals surface area contributed by atoms with E-state index in [1.807, 2.05) is 18.2 Å². The first-order valence-electron chi connectivity index (χ1n) is 8.62. The van der Waals surface area contributed by atoms with Crippen LogP contribution in [0.15, 0.2) is 30.9 Å². The lowest BCUT2D eigenvalue weighted by Crippen LogP contribution is -2.30. The number of amides is 1. The summed E-state index contributed by atoms with van der Waals surface area (Å²) in [4.78, 5) is 16.1. The van der Waals surface area contributed by atoms with Crippen LogP contribution in [0.25, 0.3) is 0 Å². The molecule has 2 aromatic rings. The Balaban J connectivity index is 1.59. The van der Waals surface area contributed by atoms with Gasteiger partial charge in [-0.15, -0.1) is 0 Å². The molecular formula is C18H24N4O3. The van der Waals surface area contributed by atoms with Crippen LogP contribution in [-0.2, 0) is 11.3 Å². The van der Waals surface area contributed by atoms with Crippen LogP contribution in [-0.4, -0.2) is 33.9 Å². The second kappa shape index (κ2) is 8.00. The molecule has 1 saturated carbocycles. The Morgan fingerprint density at radius 2 is 2.16 bits per heavy atom. The fourth-order valence-corrected chi connectivity index (χ4v) is 2.98. The molecule has 1 heterocycles. The van der Waals surface area contributed by atoms with Crippen molar-refractivity contribution in [3.63, 3.8) is 0 Å². The average Bonchev–Trinajstić information content (AvgIpc) is 3.33. The zero-order chi connectivity index (χ0) is 17.6. The summed E-state index contributed by atoms with van der Waals surface area (Å²) < 4.78 is 13.0. The van der Waals surface area contributed by atoms with Crippen molar-refractivity contribution in [3.8, 4) is 11.5 Å². The first-order chi connectivity index (χ1) is 12.2. The number of ether oxygens (including phenoxy) is 2. The summed E-state index contributed by atoms with van der Waals surface area (Å²) in [6.07, 6.45) is 7.87. The summed E-state index contributed by atoms with van der Waals surface area (Å²) in [5, 5.41) is 6.90. The third kappa shape index (κ3) is 4.29. The standard InChI is InChI=1S/C18H24N4O3/c1-13(22-12-19-11-21-22)18(23)20-10-14-7-8-16(17(9-14)24-2)25-15-5-3-4-6-15/h7-9,11-13,15H,3-6,10H2,1-2H3,(H,20,23)/t13-/m0/s1. The summed E-state index contributed by atoms with van der Waals surface area (Å²) in [5.41, 5.74) is 0.953. The lowest BCUT2D eigenvalue weighted by Gasteiger charge is -2.17. The quantitative estimate of drug-likeness (QED) is 0.835. The number of benzene rings is 1. The lowest BCUT2D eigenvalue weighted by molar-refractivity contribution is -0.124. The molecule has 25 heavy (non-hydrogen) atoms. The maximum atomic E-state index is 12.2. The third-order valence-corrected chi connectivity index (χ3v) is 4.50. The van der Waals surface area contributed by atoms with Gasteiger partial charge in [-0.05, 0) is 50.3 Å². The second-order valence-corrected chi connectivity index (χ2v) is 6.28. The summed E-state index contributed by atoms with van der Waals surface area (Å²) >= 11 is 0. The number of methoxy groups -OCH3 is 1. The highest BCUT2D eigenvalue weighted by Gasteiger charge is 2.19. The fraction of sp³-hybridized carbons (Fsp3) is 0.500. The number of rotatable bonds is 7. The van der Waals surface area contributed by atoms with Crippen LogP contribution in [0.5, 0.6) is 11.5 Å². The molecular weight excluding hydrogens is 320 g/mol. The molecule has 1 fully saturated rings. The van der Waals surface area contributed by atoms with Gasteiger partial charge in [-0.1, -0.05) is 6.07 Å². The van der Waals surface area contributed by atoms with E-state index >= 15 is 0 Å². The Hall–Kier alpha value is -2.57. The number of hydrogen-bond donors (Lipinski definition) is 1. The molecule has 1 N–H and O–H groups in total. The van der Waals surface area contributed by atoms with E-state index in [2.05, 4.69) is 15.4 Å². The fourth-order valence-electron chi connectivity index (χ4n) is 2.98. The van der Waals surface area contributed by atoms with Crippen molar-refractivity contribution >= 4 is 5.91 Å². The van der Waals surface area contributed by atoms with Gasteiger partial charge in [-0.25, -0.2) is 9.67 Å². The van der Waals surface area contributed by atoms with Crippen LogP contribution in [0, 0.1) is 0 Å². The van der Waals surface area contributed by atoms with Crippen LogP contribution in [0.4, 0.5) is 0 Å². The minimum atomic E-state index is -0.408. The average molecular weight is 344 g/mol. The maximum absolute atomic E-state index is 12.2. The topological polar surface area (TPSA) is 78.3 Å². The van der Waals surface area contributed by atoms with Crippen LogP contribution >= 0.6 is 0 Å². The Kier molecular flexibility index (Phi) is 5.53. The second-order valence-electron chi connectivity index (χ2n) is 6.28. The van der Waals surface area contributed by atoms with Gasteiger partial charge in [-0.3, -0.25) is 4.79 Å². The molecule has 134 valence electrons. The van der Waals surface area contributed by atoms with E-state index in [0.29, 0.717) is 12.3 Å². The number of nitrogens with zero attached hydrogens (tertiary/aromatic N) is 3. The van der Waals surface area contributed by atoms with E-state index < -0.39 is 6.04 Å². The summed E-state index contributed by atoms with van der Waals surface area (Å²) in [7, 11) is 1.63. The van der Waals surface area contributed by atoms with Gasteiger partial charge in [0.15, 0.2) is 11.5 Å². The van der Waals surface area contributed by atoms with Crippen LogP contribution in [0.3, 0.4) is 0 Å². The Bertz CT molecular complexity index is 696. The zero-order valence-corrected chi connectivity index (χ0v) is 14.6. The van der Waals surface area contributed by atoms with Crippen molar-refractivity contribution in [1.82, 2.24) is 20.1 Å². The van der Waals surface area contributed by atoms with Crippen LogP contribution in [0.2, 0.25) is 0 Å².